The van der Waals surface area contributed by atoms with Crippen LogP contribution < -0.4 is 0 Å². The molecule has 0 radical (unpaired) electrons. The number of aromatic nitrogens is 1. The molecule has 0 aliphatic rings. The van der Waals surface area contributed by atoms with Gasteiger partial charge in [-0.3, -0.25) is 9.59 Å². The van der Waals surface area contributed by atoms with Gasteiger partial charge in [-0.1, -0.05) is 0 Å². The first kappa shape index (κ1) is 11.1. The van der Waals surface area contributed by atoms with Crippen molar-refractivity contribution in [1.29, 1.82) is 0 Å². The third-order valence-corrected chi connectivity index (χ3v) is 2.64. The summed E-state index contributed by atoms with van der Waals surface area (Å²) in [7, 11) is 1.66. The lowest BCUT2D eigenvalue weighted by Crippen LogP contribution is -2.08. The van der Waals surface area contributed by atoms with Crippen molar-refractivity contribution in [3.05, 3.63) is 53.3 Å². The molecule has 4 nitrogen and oxygen atoms in total. The Morgan fingerprint density at radius 1 is 1.18 bits per heavy atom. The Morgan fingerprint density at radius 2 is 1.82 bits per heavy atom. The van der Waals surface area contributed by atoms with Crippen LogP contribution in [0, 0.1) is 0 Å². The lowest BCUT2D eigenvalue weighted by atomic mass is 10.1. The number of hydrogen-bond donors (Lipinski definition) is 1. The fraction of sp³-hybridized carbons (Fsp3) is 0.0769. The Labute approximate surface area is 98.1 Å². The van der Waals surface area contributed by atoms with Crippen molar-refractivity contribution < 1.29 is 14.7 Å². The number of rotatable bonds is 3. The summed E-state index contributed by atoms with van der Waals surface area (Å²) in [5.74, 6) is -0.0670. The summed E-state index contributed by atoms with van der Waals surface area (Å²) >= 11 is 0. The van der Waals surface area contributed by atoms with Gasteiger partial charge in [0.25, 0.3) is 0 Å². The molecule has 1 heterocycles. The molecule has 86 valence electrons. The van der Waals surface area contributed by atoms with Gasteiger partial charge in [-0.2, -0.15) is 0 Å². The molecule has 0 fully saturated rings. The van der Waals surface area contributed by atoms with E-state index in [0.29, 0.717) is 23.2 Å². The average molecular weight is 229 g/mol. The van der Waals surface area contributed by atoms with Crippen molar-refractivity contribution in [3.63, 3.8) is 0 Å². The molecule has 2 aromatic rings. The molecule has 1 aromatic heterocycles. The third kappa shape index (κ3) is 1.97. The predicted octanol–water partition coefficient (Wildman–Crippen LogP) is 1.77. The van der Waals surface area contributed by atoms with Crippen molar-refractivity contribution in [2.75, 3.05) is 0 Å². The highest BCUT2D eigenvalue weighted by Gasteiger charge is 2.14. The normalized spacial score (nSPS) is 10.2. The summed E-state index contributed by atoms with van der Waals surface area (Å²) in [6, 6.07) is 9.21. The summed E-state index contributed by atoms with van der Waals surface area (Å²) in [6.45, 7) is 0. The molecule has 0 aliphatic heterocycles. The highest BCUT2D eigenvalue weighted by molar-refractivity contribution is 6.08. The van der Waals surface area contributed by atoms with Crippen molar-refractivity contribution in [1.82, 2.24) is 4.57 Å². The van der Waals surface area contributed by atoms with Gasteiger partial charge in [0.2, 0.25) is 5.78 Å². The van der Waals surface area contributed by atoms with E-state index in [1.165, 1.54) is 12.1 Å². The number of hydrogen-bond acceptors (Lipinski definition) is 3. The highest BCUT2D eigenvalue weighted by atomic mass is 16.3. The van der Waals surface area contributed by atoms with Crippen LogP contribution in [-0.2, 0) is 7.05 Å². The van der Waals surface area contributed by atoms with Gasteiger partial charge in [0.1, 0.15) is 5.75 Å². The van der Waals surface area contributed by atoms with E-state index >= 15 is 0 Å². The molecule has 0 atom stereocenters. The van der Waals surface area contributed by atoms with Crippen LogP contribution in [0.25, 0.3) is 0 Å². The fourth-order valence-corrected chi connectivity index (χ4v) is 1.63. The molecule has 0 unspecified atom stereocenters. The first-order valence-corrected chi connectivity index (χ1v) is 5.08. The maximum Gasteiger partial charge on any atom is 0.209 e. The van der Waals surface area contributed by atoms with Crippen LogP contribution in [0.5, 0.6) is 5.75 Å². The van der Waals surface area contributed by atoms with Gasteiger partial charge in [-0.15, -0.1) is 0 Å². The highest BCUT2D eigenvalue weighted by Crippen LogP contribution is 2.15. The Balaban J connectivity index is 2.40. The Kier molecular flexibility index (Phi) is 2.78. The van der Waals surface area contributed by atoms with E-state index in [0.717, 1.165) is 0 Å². The van der Waals surface area contributed by atoms with E-state index < -0.39 is 0 Å². The molecule has 17 heavy (non-hydrogen) atoms. The number of phenols is 1. The van der Waals surface area contributed by atoms with Crippen molar-refractivity contribution in [2.45, 2.75) is 0 Å². The topological polar surface area (TPSA) is 59.3 Å². The molecule has 0 amide bonds. The first-order valence-electron chi connectivity index (χ1n) is 5.08. The zero-order valence-corrected chi connectivity index (χ0v) is 9.25. The second-order valence-electron chi connectivity index (χ2n) is 3.70. The van der Waals surface area contributed by atoms with E-state index in [-0.39, 0.29) is 11.5 Å². The second kappa shape index (κ2) is 4.25. The van der Waals surface area contributed by atoms with Gasteiger partial charge in [0, 0.05) is 12.6 Å². The average Bonchev–Trinajstić information content (AvgIpc) is 2.70. The van der Waals surface area contributed by atoms with Gasteiger partial charge < -0.3 is 9.67 Å². The van der Waals surface area contributed by atoms with Crippen LogP contribution >= 0.6 is 0 Å². The molecular weight excluding hydrogens is 218 g/mol. The number of ketones is 1. The molecule has 2 rings (SSSR count). The quantitative estimate of drug-likeness (QED) is 0.644. The number of aromatic hydroxyl groups is 1. The SMILES string of the molecule is Cn1c(C=O)ccc1C(=O)c1ccc(O)cc1. The number of benzene rings is 1. The first-order chi connectivity index (χ1) is 8.13. The molecule has 1 aromatic carbocycles. The minimum atomic E-state index is -0.180. The Hall–Kier alpha value is -2.36. The zero-order valence-electron chi connectivity index (χ0n) is 9.25. The molecule has 4 heteroatoms. The number of aldehydes is 1. The Morgan fingerprint density at radius 3 is 2.35 bits per heavy atom. The minimum absolute atomic E-state index is 0.113. The fourth-order valence-electron chi connectivity index (χ4n) is 1.63. The molecular formula is C13H11NO3. The molecule has 0 saturated heterocycles. The monoisotopic (exact) mass is 229 g/mol. The van der Waals surface area contributed by atoms with Gasteiger partial charge in [0.05, 0.1) is 11.4 Å². The maximum atomic E-state index is 12.1. The summed E-state index contributed by atoms with van der Waals surface area (Å²) in [5.41, 5.74) is 1.37. The van der Waals surface area contributed by atoms with Gasteiger partial charge in [-0.25, -0.2) is 0 Å². The maximum absolute atomic E-state index is 12.1. The molecule has 0 spiro atoms. The largest absolute Gasteiger partial charge is 0.508 e. The summed E-state index contributed by atoms with van der Waals surface area (Å²) in [6.07, 6.45) is 0.702. The van der Waals surface area contributed by atoms with Crippen molar-refractivity contribution in [3.8, 4) is 5.75 Å². The third-order valence-electron chi connectivity index (χ3n) is 2.64. The van der Waals surface area contributed by atoms with E-state index in [9.17, 15) is 9.59 Å². The molecule has 0 saturated carbocycles. The number of nitrogens with zero attached hydrogens (tertiary/aromatic N) is 1. The smallest absolute Gasteiger partial charge is 0.209 e. The van der Waals surface area contributed by atoms with E-state index in [2.05, 4.69) is 0 Å². The number of carbonyl (C=O) groups is 2. The van der Waals surface area contributed by atoms with Crippen LogP contribution in [0.15, 0.2) is 36.4 Å². The van der Waals surface area contributed by atoms with Crippen LogP contribution in [0.2, 0.25) is 0 Å². The van der Waals surface area contributed by atoms with Crippen molar-refractivity contribution >= 4 is 12.1 Å². The van der Waals surface area contributed by atoms with Gasteiger partial charge >= 0.3 is 0 Å². The van der Waals surface area contributed by atoms with E-state index in [4.69, 9.17) is 5.11 Å². The summed E-state index contributed by atoms with van der Waals surface area (Å²) in [4.78, 5) is 22.8. The standard InChI is InChI=1S/C13H11NO3/c1-14-10(8-15)4-7-12(14)13(17)9-2-5-11(16)6-3-9/h2-8,16H,1H3. The lowest BCUT2D eigenvalue weighted by Gasteiger charge is -2.04. The number of carbonyl (C=O) groups excluding carboxylic acids is 2. The van der Waals surface area contributed by atoms with Gasteiger partial charge in [0.15, 0.2) is 6.29 Å². The molecule has 0 aliphatic carbocycles. The zero-order chi connectivity index (χ0) is 12.4. The molecule has 0 bridgehead atoms. The summed E-state index contributed by atoms with van der Waals surface area (Å²) in [5, 5.41) is 9.14. The summed E-state index contributed by atoms with van der Waals surface area (Å²) < 4.78 is 1.54. The predicted molar refractivity (Wildman–Crippen MR) is 62.3 cm³/mol. The van der Waals surface area contributed by atoms with E-state index in [1.54, 1.807) is 35.9 Å². The molecule has 1 N–H and O–H groups in total. The number of phenolic OH excluding ortho intramolecular Hbond substituents is 1. The van der Waals surface area contributed by atoms with Crippen LogP contribution in [0.1, 0.15) is 26.5 Å². The lowest BCUT2D eigenvalue weighted by molar-refractivity contribution is 0.103. The van der Waals surface area contributed by atoms with E-state index in [1.807, 2.05) is 0 Å². The van der Waals surface area contributed by atoms with Crippen LogP contribution in [0.4, 0.5) is 0 Å². The second-order valence-corrected chi connectivity index (χ2v) is 3.70. The van der Waals surface area contributed by atoms with Gasteiger partial charge in [-0.05, 0) is 36.4 Å². The Bertz CT molecular complexity index is 567. The minimum Gasteiger partial charge on any atom is -0.508 e. The van der Waals surface area contributed by atoms with Crippen LogP contribution in [-0.4, -0.2) is 21.7 Å². The van der Waals surface area contributed by atoms with Crippen molar-refractivity contribution in [2.24, 2.45) is 7.05 Å². The van der Waals surface area contributed by atoms with Crippen LogP contribution in [0.3, 0.4) is 0 Å².